The molecule has 2 aliphatic heterocycles. The molecular weight excluding hydrogens is 336 g/mol. The van der Waals surface area contributed by atoms with E-state index in [4.69, 9.17) is 4.74 Å². The molecule has 1 amide bonds. The van der Waals surface area contributed by atoms with Crippen LogP contribution >= 0.6 is 0 Å². The molecule has 0 aromatic rings. The first-order valence-corrected chi connectivity index (χ1v) is 10.7. The van der Waals surface area contributed by atoms with Crippen LogP contribution < -0.4 is 10.6 Å². The van der Waals surface area contributed by atoms with E-state index in [2.05, 4.69) is 36.6 Å². The average Bonchev–Trinajstić information content (AvgIpc) is 2.66. The van der Waals surface area contributed by atoms with Crippen molar-refractivity contribution in [2.75, 3.05) is 19.6 Å². The number of hydrogen-bond acceptors (Lipinski definition) is 3. The van der Waals surface area contributed by atoms with E-state index in [0.717, 1.165) is 77.4 Å². The number of amides is 1. The molecule has 3 aliphatic rings. The van der Waals surface area contributed by atoms with E-state index in [1.165, 1.54) is 11.3 Å². The molecule has 0 aromatic carbocycles. The first-order valence-electron chi connectivity index (χ1n) is 10.7. The molecule has 1 spiro atoms. The second-order valence-electron chi connectivity index (χ2n) is 8.20. The molecule has 2 N–H and O–H groups in total. The maximum absolute atomic E-state index is 12.2. The summed E-state index contributed by atoms with van der Waals surface area (Å²) in [7, 11) is 0. The second kappa shape index (κ2) is 10.3. The van der Waals surface area contributed by atoms with Gasteiger partial charge in [-0.1, -0.05) is 33.4 Å². The van der Waals surface area contributed by atoms with Crippen molar-refractivity contribution in [3.63, 3.8) is 0 Å². The summed E-state index contributed by atoms with van der Waals surface area (Å²) in [6, 6.07) is 0. The van der Waals surface area contributed by atoms with Crippen LogP contribution in [0.5, 0.6) is 0 Å². The number of piperidine rings is 1. The number of hydrogen-bond donors (Lipinski definition) is 2. The predicted octanol–water partition coefficient (Wildman–Crippen LogP) is 4.72. The second-order valence-corrected chi connectivity index (χ2v) is 8.20. The Balaban J connectivity index is 0.00000261. The fraction of sp³-hybridized carbons (Fsp3) is 0.783. The molecule has 4 nitrogen and oxygen atoms in total. The summed E-state index contributed by atoms with van der Waals surface area (Å²) in [6.07, 6.45) is 14.2. The van der Waals surface area contributed by atoms with Gasteiger partial charge in [0.2, 0.25) is 5.91 Å². The molecule has 2 heterocycles. The average molecular weight is 377 g/mol. The van der Waals surface area contributed by atoms with Crippen molar-refractivity contribution in [3.8, 4) is 0 Å². The Hall–Kier alpha value is -1.29. The molecule has 4 heteroatoms. The molecule has 1 atom stereocenters. The van der Waals surface area contributed by atoms with Crippen LogP contribution in [0.3, 0.4) is 0 Å². The lowest BCUT2D eigenvalue weighted by Crippen LogP contribution is -2.47. The maximum Gasteiger partial charge on any atom is 0.223 e. The number of ether oxygens (including phenoxy) is 1. The minimum Gasteiger partial charge on any atom is -0.491 e. The lowest BCUT2D eigenvalue weighted by Gasteiger charge is -2.46. The highest BCUT2D eigenvalue weighted by Crippen LogP contribution is 2.45. The normalized spacial score (nSPS) is 23.6. The summed E-state index contributed by atoms with van der Waals surface area (Å²) in [4.78, 5) is 12.2. The van der Waals surface area contributed by atoms with Crippen LogP contribution in [-0.2, 0) is 9.53 Å². The Morgan fingerprint density at radius 1 is 1.33 bits per heavy atom. The fourth-order valence-electron chi connectivity index (χ4n) is 4.81. The first-order chi connectivity index (χ1) is 12.7. The van der Waals surface area contributed by atoms with E-state index in [-0.39, 0.29) is 24.9 Å². The summed E-state index contributed by atoms with van der Waals surface area (Å²) in [5.74, 6) is 2.24. The highest BCUT2D eigenvalue weighted by atomic mass is 16.5. The Morgan fingerprint density at radius 2 is 2.07 bits per heavy atom. The third-order valence-corrected chi connectivity index (χ3v) is 6.46. The quantitative estimate of drug-likeness (QED) is 0.632. The van der Waals surface area contributed by atoms with E-state index in [9.17, 15) is 4.79 Å². The van der Waals surface area contributed by atoms with Gasteiger partial charge in [0.05, 0.1) is 0 Å². The first kappa shape index (κ1) is 22.0. The minimum absolute atomic E-state index is 0. The van der Waals surface area contributed by atoms with Gasteiger partial charge in [-0.15, -0.1) is 0 Å². The van der Waals surface area contributed by atoms with Crippen LogP contribution in [0.2, 0.25) is 0 Å². The molecule has 1 saturated heterocycles. The van der Waals surface area contributed by atoms with Crippen molar-refractivity contribution in [3.05, 3.63) is 23.5 Å². The van der Waals surface area contributed by atoms with Crippen LogP contribution in [-0.4, -0.2) is 31.1 Å². The van der Waals surface area contributed by atoms with Crippen LogP contribution in [0.1, 0.15) is 79.1 Å². The lowest BCUT2D eigenvalue weighted by molar-refractivity contribution is -0.125. The summed E-state index contributed by atoms with van der Waals surface area (Å²) in [6.45, 7) is 7.12. The van der Waals surface area contributed by atoms with Gasteiger partial charge < -0.3 is 15.4 Å². The van der Waals surface area contributed by atoms with Crippen molar-refractivity contribution >= 4 is 5.91 Å². The van der Waals surface area contributed by atoms with Crippen molar-refractivity contribution in [2.45, 2.75) is 84.7 Å². The monoisotopic (exact) mass is 376 g/mol. The van der Waals surface area contributed by atoms with Gasteiger partial charge in [-0.05, 0) is 75.9 Å². The van der Waals surface area contributed by atoms with Crippen LogP contribution in [0.25, 0.3) is 0 Å². The third-order valence-electron chi connectivity index (χ3n) is 6.46. The molecule has 0 saturated carbocycles. The number of allylic oxidation sites excluding steroid dienone is 4. The van der Waals surface area contributed by atoms with Crippen molar-refractivity contribution in [2.24, 2.45) is 11.8 Å². The van der Waals surface area contributed by atoms with Gasteiger partial charge in [-0.3, -0.25) is 4.79 Å². The summed E-state index contributed by atoms with van der Waals surface area (Å²) >= 11 is 0. The number of carbonyl (C=O) groups excluding carboxylic acids is 1. The summed E-state index contributed by atoms with van der Waals surface area (Å²) < 4.78 is 6.57. The highest BCUT2D eigenvalue weighted by molar-refractivity contribution is 5.78. The molecular formula is C23H40N2O2. The van der Waals surface area contributed by atoms with Gasteiger partial charge in [0.1, 0.15) is 11.4 Å². The Bertz CT molecular complexity index is 543. The van der Waals surface area contributed by atoms with E-state index >= 15 is 0 Å². The number of rotatable bonds is 7. The van der Waals surface area contributed by atoms with Crippen molar-refractivity contribution < 1.29 is 9.53 Å². The smallest absolute Gasteiger partial charge is 0.223 e. The molecule has 3 rings (SSSR count). The Labute approximate surface area is 166 Å². The molecule has 0 aromatic heterocycles. The molecule has 1 fully saturated rings. The largest absolute Gasteiger partial charge is 0.491 e. The number of carbonyl (C=O) groups is 1. The summed E-state index contributed by atoms with van der Waals surface area (Å²) in [5.41, 5.74) is 1.49. The molecule has 27 heavy (non-hydrogen) atoms. The van der Waals surface area contributed by atoms with E-state index in [1.807, 2.05) is 0 Å². The van der Waals surface area contributed by atoms with Gasteiger partial charge >= 0.3 is 0 Å². The SMILES string of the molecule is C.CCC(CC)C(=O)NCCCC1CC2(CCNCC2)OC2=C1C=CCC2. The zero-order chi connectivity index (χ0) is 18.4. The van der Waals surface area contributed by atoms with Crippen LogP contribution in [0.15, 0.2) is 23.5 Å². The van der Waals surface area contributed by atoms with Crippen LogP contribution in [0, 0.1) is 11.8 Å². The van der Waals surface area contributed by atoms with Gasteiger partial charge in [-0.2, -0.15) is 0 Å². The molecule has 0 radical (unpaired) electrons. The lowest BCUT2D eigenvalue weighted by atomic mass is 9.74. The molecule has 1 unspecified atom stereocenters. The van der Waals surface area contributed by atoms with Gasteiger partial charge in [0.15, 0.2) is 0 Å². The topological polar surface area (TPSA) is 50.4 Å². The van der Waals surface area contributed by atoms with Crippen molar-refractivity contribution in [1.29, 1.82) is 0 Å². The molecule has 1 aliphatic carbocycles. The van der Waals surface area contributed by atoms with E-state index < -0.39 is 0 Å². The summed E-state index contributed by atoms with van der Waals surface area (Å²) in [5, 5.41) is 6.62. The van der Waals surface area contributed by atoms with Crippen molar-refractivity contribution in [1.82, 2.24) is 10.6 Å². The van der Waals surface area contributed by atoms with E-state index in [0.29, 0.717) is 5.92 Å². The maximum atomic E-state index is 12.2. The number of nitrogens with one attached hydrogen (secondary N) is 2. The van der Waals surface area contributed by atoms with Gasteiger partial charge in [0.25, 0.3) is 0 Å². The zero-order valence-electron chi connectivity index (χ0n) is 16.6. The van der Waals surface area contributed by atoms with Gasteiger partial charge in [0, 0.05) is 18.9 Å². The minimum atomic E-state index is 0. The zero-order valence-corrected chi connectivity index (χ0v) is 16.6. The molecule has 0 bridgehead atoms. The van der Waals surface area contributed by atoms with E-state index in [1.54, 1.807) is 0 Å². The third kappa shape index (κ3) is 5.37. The van der Waals surface area contributed by atoms with Gasteiger partial charge in [-0.25, -0.2) is 0 Å². The highest BCUT2D eigenvalue weighted by Gasteiger charge is 2.42. The Kier molecular flexibility index (Phi) is 8.40. The Morgan fingerprint density at radius 3 is 2.78 bits per heavy atom. The predicted molar refractivity (Wildman–Crippen MR) is 112 cm³/mol. The van der Waals surface area contributed by atoms with Crippen LogP contribution in [0.4, 0.5) is 0 Å². The standard InChI is InChI=1S/C22H36N2O2.CH4/c1-3-17(4-2)21(25)24-13-7-8-18-16-22(11-14-23-15-12-22)26-20-10-6-5-9-19(18)20;/h5,9,17-18,23H,3-4,6-8,10-16H2,1-2H3,(H,24,25);1H4. The molecule has 154 valence electrons. The fourth-order valence-corrected chi connectivity index (χ4v) is 4.81.